The van der Waals surface area contributed by atoms with Crippen molar-refractivity contribution in [1.82, 2.24) is 4.90 Å². The summed E-state index contributed by atoms with van der Waals surface area (Å²) in [5, 5.41) is 9.12. The Labute approximate surface area is 149 Å². The number of aryl methyl sites for hydroxylation is 1. The summed E-state index contributed by atoms with van der Waals surface area (Å²) in [7, 11) is 1.63. The molecular weight excluding hydrogens is 314 g/mol. The number of hydrogen-bond acceptors (Lipinski definition) is 3. The number of likely N-dealkylation sites (tertiary alicyclic amines) is 1. The largest absolute Gasteiger partial charge is 0.497 e. The number of rotatable bonds is 5. The van der Waals surface area contributed by atoms with E-state index in [-0.39, 0.29) is 12.5 Å². The van der Waals surface area contributed by atoms with Gasteiger partial charge in [0.05, 0.1) is 13.7 Å². The molecule has 2 aromatic rings. The van der Waals surface area contributed by atoms with Gasteiger partial charge in [0.2, 0.25) is 0 Å². The molecular formula is C21H25NO3. The molecule has 1 amide bonds. The van der Waals surface area contributed by atoms with Crippen LogP contribution in [0.3, 0.4) is 0 Å². The Balaban J connectivity index is 1.62. The number of amides is 1. The molecule has 1 fully saturated rings. The van der Waals surface area contributed by atoms with Crippen LogP contribution in [-0.2, 0) is 13.0 Å². The van der Waals surface area contributed by atoms with E-state index < -0.39 is 0 Å². The van der Waals surface area contributed by atoms with Crippen LogP contribution in [0.15, 0.2) is 42.5 Å². The zero-order chi connectivity index (χ0) is 17.8. The van der Waals surface area contributed by atoms with Crippen LogP contribution in [0, 0.1) is 12.8 Å². The third kappa shape index (κ3) is 4.02. The lowest BCUT2D eigenvalue weighted by Gasteiger charge is -2.18. The van der Waals surface area contributed by atoms with Crippen molar-refractivity contribution in [3.63, 3.8) is 0 Å². The molecule has 1 aliphatic heterocycles. The maximum atomic E-state index is 12.8. The van der Waals surface area contributed by atoms with Gasteiger partial charge in [-0.2, -0.15) is 0 Å². The number of hydrogen-bond donors (Lipinski definition) is 1. The first-order valence-corrected chi connectivity index (χ1v) is 8.73. The Morgan fingerprint density at radius 2 is 1.92 bits per heavy atom. The van der Waals surface area contributed by atoms with Gasteiger partial charge >= 0.3 is 0 Å². The maximum Gasteiger partial charge on any atom is 0.254 e. The van der Waals surface area contributed by atoms with E-state index in [2.05, 4.69) is 12.1 Å². The van der Waals surface area contributed by atoms with Crippen LogP contribution in [0.1, 0.15) is 33.5 Å². The smallest absolute Gasteiger partial charge is 0.254 e. The lowest BCUT2D eigenvalue weighted by Crippen LogP contribution is -2.29. The molecule has 1 heterocycles. The molecule has 0 saturated carbocycles. The van der Waals surface area contributed by atoms with Crippen molar-refractivity contribution in [3.05, 3.63) is 64.7 Å². The van der Waals surface area contributed by atoms with Crippen LogP contribution >= 0.6 is 0 Å². The predicted molar refractivity (Wildman–Crippen MR) is 97.8 cm³/mol. The van der Waals surface area contributed by atoms with Gasteiger partial charge in [0.15, 0.2) is 0 Å². The standard InChI is InChI=1S/C21H25NO3/c1-15-11-19(25-2)7-8-20(15)21(24)22-10-9-18(13-22)12-16-3-5-17(14-23)6-4-16/h3-8,11,18,23H,9-10,12-14H2,1-2H3/t18-/m1/s1. The van der Waals surface area contributed by atoms with Crippen LogP contribution in [0.4, 0.5) is 0 Å². The number of aliphatic hydroxyl groups is 1. The minimum Gasteiger partial charge on any atom is -0.497 e. The number of carbonyl (C=O) groups is 1. The van der Waals surface area contributed by atoms with E-state index in [4.69, 9.17) is 9.84 Å². The summed E-state index contributed by atoms with van der Waals surface area (Å²) in [5.41, 5.74) is 3.90. The van der Waals surface area contributed by atoms with Crippen LogP contribution in [0.2, 0.25) is 0 Å². The zero-order valence-corrected chi connectivity index (χ0v) is 14.9. The van der Waals surface area contributed by atoms with E-state index in [0.29, 0.717) is 5.92 Å². The summed E-state index contributed by atoms with van der Waals surface area (Å²) in [5.74, 6) is 1.38. The lowest BCUT2D eigenvalue weighted by atomic mass is 9.98. The van der Waals surface area contributed by atoms with Gasteiger partial charge in [0.1, 0.15) is 5.75 Å². The lowest BCUT2D eigenvalue weighted by molar-refractivity contribution is 0.0786. The van der Waals surface area contributed by atoms with Gasteiger partial charge in [-0.15, -0.1) is 0 Å². The van der Waals surface area contributed by atoms with Crippen molar-refractivity contribution in [2.75, 3.05) is 20.2 Å². The molecule has 0 radical (unpaired) electrons. The highest BCUT2D eigenvalue weighted by molar-refractivity contribution is 5.96. The zero-order valence-electron chi connectivity index (χ0n) is 14.9. The molecule has 1 aliphatic rings. The first-order valence-electron chi connectivity index (χ1n) is 8.73. The second-order valence-corrected chi connectivity index (χ2v) is 6.77. The van der Waals surface area contributed by atoms with E-state index in [0.717, 1.165) is 48.4 Å². The van der Waals surface area contributed by atoms with Crippen LogP contribution in [0.5, 0.6) is 5.75 Å². The average Bonchev–Trinajstić information content (AvgIpc) is 3.10. The Morgan fingerprint density at radius 1 is 1.20 bits per heavy atom. The van der Waals surface area contributed by atoms with Crippen molar-refractivity contribution in [1.29, 1.82) is 0 Å². The summed E-state index contributed by atoms with van der Waals surface area (Å²) in [6.07, 6.45) is 2.00. The molecule has 1 N–H and O–H groups in total. The quantitative estimate of drug-likeness (QED) is 0.910. The first kappa shape index (κ1) is 17.5. The number of benzene rings is 2. The van der Waals surface area contributed by atoms with Crippen LogP contribution in [0.25, 0.3) is 0 Å². The van der Waals surface area contributed by atoms with Gasteiger partial charge in [0, 0.05) is 18.7 Å². The molecule has 3 rings (SSSR count). The SMILES string of the molecule is COc1ccc(C(=O)N2CC[C@H](Cc3ccc(CO)cc3)C2)c(C)c1. The van der Waals surface area contributed by atoms with Gasteiger partial charge < -0.3 is 14.7 Å². The van der Waals surface area contributed by atoms with E-state index in [1.807, 2.05) is 42.2 Å². The number of nitrogens with zero attached hydrogens (tertiary/aromatic N) is 1. The Morgan fingerprint density at radius 3 is 2.56 bits per heavy atom. The minimum absolute atomic E-state index is 0.0766. The highest BCUT2D eigenvalue weighted by Gasteiger charge is 2.27. The molecule has 0 bridgehead atoms. The molecule has 2 aromatic carbocycles. The Hall–Kier alpha value is -2.33. The summed E-state index contributed by atoms with van der Waals surface area (Å²) >= 11 is 0. The fourth-order valence-corrected chi connectivity index (χ4v) is 3.47. The number of carbonyl (C=O) groups excluding carboxylic acids is 1. The second kappa shape index (κ2) is 7.70. The number of ether oxygens (including phenoxy) is 1. The third-order valence-corrected chi connectivity index (χ3v) is 4.97. The highest BCUT2D eigenvalue weighted by atomic mass is 16.5. The Bertz CT molecular complexity index is 739. The molecule has 0 spiro atoms. The van der Waals surface area contributed by atoms with Gasteiger partial charge in [-0.25, -0.2) is 0 Å². The average molecular weight is 339 g/mol. The Kier molecular flexibility index (Phi) is 5.39. The third-order valence-electron chi connectivity index (χ3n) is 4.97. The molecule has 25 heavy (non-hydrogen) atoms. The monoisotopic (exact) mass is 339 g/mol. The fourth-order valence-electron chi connectivity index (χ4n) is 3.47. The van der Waals surface area contributed by atoms with E-state index in [1.54, 1.807) is 7.11 Å². The van der Waals surface area contributed by atoms with Crippen molar-refractivity contribution in [2.24, 2.45) is 5.92 Å². The summed E-state index contributed by atoms with van der Waals surface area (Å²) in [6.45, 7) is 3.63. The van der Waals surface area contributed by atoms with Gasteiger partial charge in [-0.3, -0.25) is 4.79 Å². The molecule has 4 heteroatoms. The summed E-state index contributed by atoms with van der Waals surface area (Å²) in [4.78, 5) is 14.8. The van der Waals surface area contributed by atoms with Crippen molar-refractivity contribution in [2.45, 2.75) is 26.4 Å². The van der Waals surface area contributed by atoms with E-state index in [9.17, 15) is 4.79 Å². The second-order valence-electron chi connectivity index (χ2n) is 6.77. The summed E-state index contributed by atoms with van der Waals surface area (Å²) < 4.78 is 5.21. The molecule has 4 nitrogen and oxygen atoms in total. The van der Waals surface area contributed by atoms with E-state index >= 15 is 0 Å². The van der Waals surface area contributed by atoms with Gasteiger partial charge in [0.25, 0.3) is 5.91 Å². The van der Waals surface area contributed by atoms with Crippen molar-refractivity contribution in [3.8, 4) is 5.75 Å². The summed E-state index contributed by atoms with van der Waals surface area (Å²) in [6, 6.07) is 13.7. The number of aliphatic hydroxyl groups excluding tert-OH is 1. The van der Waals surface area contributed by atoms with Crippen molar-refractivity contribution >= 4 is 5.91 Å². The van der Waals surface area contributed by atoms with Crippen LogP contribution in [-0.4, -0.2) is 36.1 Å². The normalized spacial score (nSPS) is 16.9. The van der Waals surface area contributed by atoms with Crippen LogP contribution < -0.4 is 4.74 Å². The number of methoxy groups -OCH3 is 1. The molecule has 132 valence electrons. The molecule has 0 unspecified atom stereocenters. The molecule has 1 atom stereocenters. The predicted octanol–water partition coefficient (Wildman–Crippen LogP) is 3.20. The molecule has 0 aromatic heterocycles. The maximum absolute atomic E-state index is 12.8. The van der Waals surface area contributed by atoms with Gasteiger partial charge in [-0.1, -0.05) is 24.3 Å². The topological polar surface area (TPSA) is 49.8 Å². The van der Waals surface area contributed by atoms with Gasteiger partial charge in [-0.05, 0) is 60.6 Å². The minimum atomic E-state index is 0.0766. The first-order chi connectivity index (χ1) is 12.1. The fraction of sp³-hybridized carbons (Fsp3) is 0.381. The molecule has 1 saturated heterocycles. The molecule has 0 aliphatic carbocycles. The van der Waals surface area contributed by atoms with E-state index in [1.165, 1.54) is 5.56 Å². The highest BCUT2D eigenvalue weighted by Crippen LogP contribution is 2.25. The van der Waals surface area contributed by atoms with Crippen molar-refractivity contribution < 1.29 is 14.6 Å².